The molecule has 3 nitrogen and oxygen atoms in total. The first-order chi connectivity index (χ1) is 11.6. The highest BCUT2D eigenvalue weighted by Crippen LogP contribution is 2.30. The Balaban J connectivity index is 1.99. The molecule has 2 atom stereocenters. The average Bonchev–Trinajstić information content (AvgIpc) is 2.51. The van der Waals surface area contributed by atoms with Crippen molar-refractivity contribution >= 4 is 6.29 Å². The predicted molar refractivity (Wildman–Crippen MR) is 100 cm³/mol. The predicted octanol–water partition coefficient (Wildman–Crippen LogP) is 6.19. The van der Waals surface area contributed by atoms with Gasteiger partial charge in [0.2, 0.25) is 0 Å². The van der Waals surface area contributed by atoms with E-state index in [0.29, 0.717) is 6.42 Å². The molecule has 0 aromatic carbocycles. The van der Waals surface area contributed by atoms with E-state index in [1.807, 2.05) is 13.8 Å². The third-order valence-electron chi connectivity index (χ3n) is 4.92. The van der Waals surface area contributed by atoms with Crippen molar-refractivity contribution in [3.8, 4) is 0 Å². The Morgan fingerprint density at radius 2 is 1.33 bits per heavy atom. The van der Waals surface area contributed by atoms with E-state index < -0.39 is 5.79 Å². The lowest BCUT2D eigenvalue weighted by Gasteiger charge is -2.40. The van der Waals surface area contributed by atoms with E-state index in [9.17, 15) is 4.79 Å². The van der Waals surface area contributed by atoms with Crippen LogP contribution in [-0.2, 0) is 14.3 Å². The standard InChI is InChI=1S/C21H40O3/c1-4-5-6-7-8-9-10-11-12-13-14-15-19-18-20(16-17-22)24-21(2,3)23-19/h17,19-20H,4-16,18H2,1-3H3/t19-,20+/m1/s1. The highest BCUT2D eigenvalue weighted by Gasteiger charge is 2.34. The van der Waals surface area contributed by atoms with Gasteiger partial charge in [0, 0.05) is 12.8 Å². The summed E-state index contributed by atoms with van der Waals surface area (Å²) in [6, 6.07) is 0. The minimum absolute atomic E-state index is 0.0314. The van der Waals surface area contributed by atoms with Crippen molar-refractivity contribution in [3.05, 3.63) is 0 Å². The second-order valence-corrected chi connectivity index (χ2v) is 7.84. The summed E-state index contributed by atoms with van der Waals surface area (Å²) < 4.78 is 11.8. The zero-order chi connectivity index (χ0) is 17.7. The maximum atomic E-state index is 10.7. The van der Waals surface area contributed by atoms with Crippen LogP contribution in [-0.4, -0.2) is 24.3 Å². The first kappa shape index (κ1) is 21.6. The number of carbonyl (C=O) groups excluding carboxylic acids is 1. The zero-order valence-electron chi connectivity index (χ0n) is 16.4. The second kappa shape index (κ2) is 12.9. The molecule has 1 saturated heterocycles. The van der Waals surface area contributed by atoms with Crippen LogP contribution in [0.5, 0.6) is 0 Å². The van der Waals surface area contributed by atoms with Crippen LogP contribution >= 0.6 is 0 Å². The number of unbranched alkanes of at least 4 members (excludes halogenated alkanes) is 10. The lowest BCUT2D eigenvalue weighted by Crippen LogP contribution is -2.44. The Morgan fingerprint density at radius 1 is 0.833 bits per heavy atom. The fourth-order valence-electron chi connectivity index (χ4n) is 3.68. The molecule has 0 radical (unpaired) electrons. The molecule has 1 fully saturated rings. The Labute approximate surface area is 149 Å². The van der Waals surface area contributed by atoms with E-state index in [2.05, 4.69) is 6.92 Å². The van der Waals surface area contributed by atoms with Crippen LogP contribution < -0.4 is 0 Å². The molecule has 24 heavy (non-hydrogen) atoms. The van der Waals surface area contributed by atoms with Crippen LogP contribution in [0.1, 0.15) is 111 Å². The first-order valence-electron chi connectivity index (χ1n) is 10.4. The van der Waals surface area contributed by atoms with Crippen LogP contribution in [0.3, 0.4) is 0 Å². The third-order valence-corrected chi connectivity index (χ3v) is 4.92. The molecule has 0 amide bonds. The Hall–Kier alpha value is -0.410. The molecule has 0 aromatic heterocycles. The van der Waals surface area contributed by atoms with Gasteiger partial charge in [0.1, 0.15) is 6.29 Å². The van der Waals surface area contributed by atoms with E-state index in [-0.39, 0.29) is 12.2 Å². The normalized spacial score (nSPS) is 23.3. The van der Waals surface area contributed by atoms with Gasteiger partial charge in [-0.05, 0) is 20.3 Å². The van der Waals surface area contributed by atoms with Crippen LogP contribution in [0.25, 0.3) is 0 Å². The summed E-state index contributed by atoms with van der Waals surface area (Å²) in [7, 11) is 0. The number of rotatable bonds is 14. The number of carbonyl (C=O) groups is 1. The average molecular weight is 341 g/mol. The maximum Gasteiger partial charge on any atom is 0.163 e. The minimum atomic E-state index is -0.547. The molecule has 0 saturated carbocycles. The van der Waals surface area contributed by atoms with Gasteiger partial charge >= 0.3 is 0 Å². The lowest BCUT2D eigenvalue weighted by atomic mass is 10.00. The molecule has 0 N–H and O–H groups in total. The van der Waals surface area contributed by atoms with Crippen molar-refractivity contribution in [2.45, 2.75) is 129 Å². The molecule has 0 bridgehead atoms. The highest BCUT2D eigenvalue weighted by molar-refractivity contribution is 5.50. The second-order valence-electron chi connectivity index (χ2n) is 7.84. The van der Waals surface area contributed by atoms with Crippen molar-refractivity contribution < 1.29 is 14.3 Å². The number of hydrogen-bond donors (Lipinski definition) is 0. The van der Waals surface area contributed by atoms with Gasteiger partial charge in [0.05, 0.1) is 12.2 Å². The lowest BCUT2D eigenvalue weighted by molar-refractivity contribution is -0.299. The van der Waals surface area contributed by atoms with E-state index in [1.54, 1.807) is 0 Å². The van der Waals surface area contributed by atoms with Crippen LogP contribution in [0.4, 0.5) is 0 Å². The van der Waals surface area contributed by atoms with Crippen molar-refractivity contribution in [1.82, 2.24) is 0 Å². The van der Waals surface area contributed by atoms with E-state index in [1.165, 1.54) is 70.6 Å². The molecule has 1 heterocycles. The third kappa shape index (κ3) is 10.5. The van der Waals surface area contributed by atoms with Crippen molar-refractivity contribution in [3.63, 3.8) is 0 Å². The summed E-state index contributed by atoms with van der Waals surface area (Å²) >= 11 is 0. The Kier molecular flexibility index (Phi) is 11.6. The molecular weight excluding hydrogens is 300 g/mol. The molecule has 3 heteroatoms. The van der Waals surface area contributed by atoms with Crippen LogP contribution in [0.2, 0.25) is 0 Å². The summed E-state index contributed by atoms with van der Waals surface area (Å²) in [6.45, 7) is 6.18. The van der Waals surface area contributed by atoms with Crippen molar-refractivity contribution in [2.24, 2.45) is 0 Å². The summed E-state index contributed by atoms with van der Waals surface area (Å²) in [6.07, 6.45) is 18.7. The molecule has 0 spiro atoms. The van der Waals surface area contributed by atoms with E-state index in [4.69, 9.17) is 9.47 Å². The molecule has 142 valence electrons. The monoisotopic (exact) mass is 340 g/mol. The topological polar surface area (TPSA) is 35.5 Å². The number of ether oxygens (including phenoxy) is 2. The van der Waals surface area contributed by atoms with Crippen LogP contribution in [0, 0.1) is 0 Å². The maximum absolute atomic E-state index is 10.7. The van der Waals surface area contributed by atoms with Gasteiger partial charge in [-0.3, -0.25) is 0 Å². The zero-order valence-corrected chi connectivity index (χ0v) is 16.4. The fraction of sp³-hybridized carbons (Fsp3) is 0.952. The minimum Gasteiger partial charge on any atom is -0.347 e. The van der Waals surface area contributed by atoms with E-state index in [0.717, 1.165) is 19.1 Å². The molecule has 1 aliphatic heterocycles. The first-order valence-corrected chi connectivity index (χ1v) is 10.4. The fourth-order valence-corrected chi connectivity index (χ4v) is 3.68. The van der Waals surface area contributed by atoms with Crippen molar-refractivity contribution in [2.75, 3.05) is 0 Å². The van der Waals surface area contributed by atoms with Crippen LogP contribution in [0.15, 0.2) is 0 Å². The molecule has 1 aliphatic rings. The summed E-state index contributed by atoms with van der Waals surface area (Å²) in [5, 5.41) is 0. The number of hydrogen-bond acceptors (Lipinski definition) is 3. The molecule has 1 rings (SSSR count). The SMILES string of the molecule is CCCCCCCCCCCCC[C@@H]1C[C@H](CC=O)OC(C)(C)O1. The largest absolute Gasteiger partial charge is 0.347 e. The van der Waals surface area contributed by atoms with Gasteiger partial charge < -0.3 is 14.3 Å². The van der Waals surface area contributed by atoms with Gasteiger partial charge in [-0.15, -0.1) is 0 Å². The quantitative estimate of drug-likeness (QED) is 0.279. The van der Waals surface area contributed by atoms with Gasteiger partial charge in [-0.1, -0.05) is 77.6 Å². The smallest absolute Gasteiger partial charge is 0.163 e. The van der Waals surface area contributed by atoms with Gasteiger partial charge in [0.25, 0.3) is 0 Å². The molecular formula is C21H40O3. The summed E-state index contributed by atoms with van der Waals surface area (Å²) in [5.74, 6) is -0.547. The summed E-state index contributed by atoms with van der Waals surface area (Å²) in [5.41, 5.74) is 0. The number of aldehydes is 1. The molecule has 0 unspecified atom stereocenters. The van der Waals surface area contributed by atoms with Gasteiger partial charge in [-0.2, -0.15) is 0 Å². The summed E-state index contributed by atoms with van der Waals surface area (Å²) in [4.78, 5) is 10.7. The van der Waals surface area contributed by atoms with Crippen molar-refractivity contribution in [1.29, 1.82) is 0 Å². The molecule has 0 aliphatic carbocycles. The highest BCUT2D eigenvalue weighted by atomic mass is 16.7. The van der Waals surface area contributed by atoms with E-state index >= 15 is 0 Å². The Bertz CT molecular complexity index is 314. The Morgan fingerprint density at radius 3 is 1.88 bits per heavy atom. The molecule has 0 aromatic rings. The van der Waals surface area contributed by atoms with Gasteiger partial charge in [0.15, 0.2) is 5.79 Å². The van der Waals surface area contributed by atoms with Gasteiger partial charge in [-0.25, -0.2) is 0 Å².